The Morgan fingerprint density at radius 2 is 0.674 bits per heavy atom. The number of fused-ring (bicyclic) bond motifs is 20. The van der Waals surface area contributed by atoms with Crippen LogP contribution in [0.5, 0.6) is 23.0 Å². The fraction of sp³-hybridized carbons (Fsp3) is 0.375. The van der Waals surface area contributed by atoms with Gasteiger partial charge in [-0.05, 0) is 174 Å². The van der Waals surface area contributed by atoms with E-state index in [9.17, 15) is 9.59 Å². The van der Waals surface area contributed by atoms with E-state index in [-0.39, 0.29) is 102 Å². The molecule has 3 aromatic heterocycles. The average Bonchev–Trinajstić information content (AvgIpc) is 1.59. The SMILES string of the molecule is CC(C)C(Oc1ccc(COC(=O)c2ccccc2Br)c2c1-c1cc3[n-]c(cc4nc(cc5[n-]c(cc-2n1)c1c(OC(C(C)C)C(C)C)cccc51)-c1c(OC(C(C)C)C(C)C)ccc(COC(=O)c2ccccc2Br)c1-4)c1c(OC(C(C)C)C(C)C)cccc31)C(C)C.[Cu+2]. The van der Waals surface area contributed by atoms with E-state index in [0.717, 1.165) is 43.8 Å². The predicted octanol–water partition coefficient (Wildman–Crippen LogP) is 21.0. The van der Waals surface area contributed by atoms with Gasteiger partial charge < -0.3 is 38.4 Å². The Kier molecular flexibility index (Phi) is 21.9. The predicted molar refractivity (Wildman–Crippen MR) is 386 cm³/mol. The number of halogens is 2. The zero-order valence-corrected chi connectivity index (χ0v) is 61.3. The van der Waals surface area contributed by atoms with Crippen molar-refractivity contribution in [3.05, 3.63) is 165 Å². The third kappa shape index (κ3) is 14.5. The molecule has 95 heavy (non-hydrogen) atoms. The van der Waals surface area contributed by atoms with Gasteiger partial charge in [-0.2, -0.15) is 0 Å². The van der Waals surface area contributed by atoms with Gasteiger partial charge in [0.25, 0.3) is 0 Å². The van der Waals surface area contributed by atoms with E-state index in [1.807, 2.05) is 109 Å². The molecule has 11 rings (SSSR count). The van der Waals surface area contributed by atoms with Gasteiger partial charge in [-0.15, -0.1) is 22.1 Å². The molecule has 0 aliphatic carbocycles. The molecule has 0 N–H and O–H groups in total. The molecule has 0 amide bonds. The molecule has 0 saturated heterocycles. The topological polar surface area (TPSA) is 144 Å². The molecule has 2 aliphatic heterocycles. The summed E-state index contributed by atoms with van der Waals surface area (Å²) in [5.74, 6) is 2.95. The van der Waals surface area contributed by atoms with Crippen molar-refractivity contribution in [3.63, 3.8) is 0 Å². The normalized spacial score (nSPS) is 12.3. The Bertz CT molecular complexity index is 4190. The van der Waals surface area contributed by atoms with E-state index in [1.165, 1.54) is 0 Å². The van der Waals surface area contributed by atoms with Crippen LogP contribution in [0.25, 0.3) is 88.6 Å². The molecular weight excluding hydrogens is 1370 g/mol. The molecule has 0 fully saturated rings. The van der Waals surface area contributed by atoms with Gasteiger partial charge in [-0.25, -0.2) is 19.6 Å². The number of esters is 2. The Morgan fingerprint density at radius 3 is 1.00 bits per heavy atom. The minimum atomic E-state index is -0.479. The summed E-state index contributed by atoms with van der Waals surface area (Å²) in [6.45, 7) is 34.8. The molecule has 15 heteroatoms. The molecule has 8 bridgehead atoms. The number of carbonyl (C=O) groups is 2. The van der Waals surface area contributed by atoms with Crippen LogP contribution in [-0.2, 0) is 39.8 Å². The first kappa shape index (κ1) is 70.4. The van der Waals surface area contributed by atoms with Crippen molar-refractivity contribution < 1.29 is 55.1 Å². The maximum Gasteiger partial charge on any atom is 2.00 e. The first-order valence-corrected chi connectivity index (χ1v) is 34.8. The number of hydrogen-bond acceptors (Lipinski definition) is 10. The molecule has 2 aliphatic rings. The summed E-state index contributed by atoms with van der Waals surface area (Å²) in [6.07, 6.45) is -0.650. The summed E-state index contributed by atoms with van der Waals surface area (Å²) < 4.78 is 42.8. The van der Waals surface area contributed by atoms with E-state index in [0.29, 0.717) is 99.0 Å². The van der Waals surface area contributed by atoms with Crippen LogP contribution < -0.4 is 28.9 Å². The van der Waals surface area contributed by atoms with Crippen molar-refractivity contribution in [1.29, 1.82) is 0 Å². The molecule has 1 radical (unpaired) electrons. The molecule has 12 nitrogen and oxygen atoms in total. The van der Waals surface area contributed by atoms with Crippen LogP contribution in [0.1, 0.15) is 143 Å². The van der Waals surface area contributed by atoms with Gasteiger partial charge in [0.2, 0.25) is 0 Å². The largest absolute Gasteiger partial charge is 2.00 e. The minimum Gasteiger partial charge on any atom is -0.657 e. The van der Waals surface area contributed by atoms with Crippen LogP contribution in [0.15, 0.2) is 142 Å². The Morgan fingerprint density at radius 1 is 0.368 bits per heavy atom. The first-order chi connectivity index (χ1) is 44.9. The number of benzene rings is 6. The van der Waals surface area contributed by atoms with Crippen molar-refractivity contribution in [3.8, 4) is 68.0 Å². The minimum absolute atomic E-state index is 0. The second-order valence-corrected chi connectivity index (χ2v) is 29.5. The summed E-state index contributed by atoms with van der Waals surface area (Å²) in [6, 6.07) is 42.9. The molecule has 499 valence electrons. The third-order valence-corrected chi connectivity index (χ3v) is 19.3. The van der Waals surface area contributed by atoms with Gasteiger partial charge in [0.05, 0.1) is 45.0 Å². The zero-order valence-electron chi connectivity index (χ0n) is 57.2. The molecule has 0 atom stereocenters. The summed E-state index contributed by atoms with van der Waals surface area (Å²) in [7, 11) is 0. The van der Waals surface area contributed by atoms with E-state index in [1.54, 1.807) is 12.1 Å². The summed E-state index contributed by atoms with van der Waals surface area (Å²) in [5.41, 5.74) is 9.98. The number of aromatic nitrogens is 4. The monoisotopic (exact) mass is 1450 g/mol. The standard InChI is InChI=1S/C80H86Br2N4O8.Cu/c1-41(2)75(42(3)4)91-65-29-21-25-53-57-35-63-73-67(93-77(45(9)10)46(11)12)34-32-50(40-90-80(88)52-24-18-20-28-56(52)82)70(73)60(86-63)38-62-72-54(26-22-30-66(72)92-76(43(5)6)44(7)8)58(84-62)36-64-74-68(94-78(47(13)14)48(15)16)33-31-49(39-89-79(87)51-23-17-19-27-55(51)81)69(74)59(85-64)37-61(83-57)71(53)65;/h17-38,41-48,75-78H,39-40H2,1-16H3;/q-2;+2. The van der Waals surface area contributed by atoms with Gasteiger partial charge in [-0.1, -0.05) is 171 Å². The van der Waals surface area contributed by atoms with Gasteiger partial charge in [-0.3, -0.25) is 0 Å². The fourth-order valence-corrected chi connectivity index (χ4v) is 14.7. The van der Waals surface area contributed by atoms with Gasteiger partial charge in [0.1, 0.15) is 60.6 Å². The third-order valence-electron chi connectivity index (χ3n) is 17.9. The Hall–Kier alpha value is -7.42. The molecule has 5 heterocycles. The number of nitrogens with zero attached hydrogens (tertiary/aromatic N) is 4. The quantitative estimate of drug-likeness (QED) is 0.0471. The summed E-state index contributed by atoms with van der Waals surface area (Å²) >= 11 is 7.17. The van der Waals surface area contributed by atoms with E-state index in [2.05, 4.69) is 155 Å². The maximum absolute atomic E-state index is 14.1. The number of rotatable bonds is 22. The van der Waals surface area contributed by atoms with Crippen molar-refractivity contribution in [2.24, 2.45) is 47.3 Å². The number of hydrogen-bond donors (Lipinski definition) is 0. The van der Waals surface area contributed by atoms with Crippen molar-refractivity contribution in [2.75, 3.05) is 0 Å². The molecule has 6 aromatic carbocycles. The maximum atomic E-state index is 14.1. The van der Waals surface area contributed by atoms with Gasteiger partial charge in [0.15, 0.2) is 0 Å². The number of carbonyl (C=O) groups excluding carboxylic acids is 2. The smallest absolute Gasteiger partial charge is 0.657 e. The van der Waals surface area contributed by atoms with Gasteiger partial charge in [0, 0.05) is 30.8 Å². The van der Waals surface area contributed by atoms with Crippen LogP contribution in [0.4, 0.5) is 0 Å². The molecule has 9 aromatic rings. The molecule has 0 unspecified atom stereocenters. The number of ether oxygens (including phenoxy) is 6. The Balaban J connectivity index is 0.00000983. The van der Waals surface area contributed by atoms with Crippen molar-refractivity contribution in [1.82, 2.24) is 19.9 Å². The van der Waals surface area contributed by atoms with Crippen molar-refractivity contribution >= 4 is 87.4 Å². The van der Waals surface area contributed by atoms with Crippen LogP contribution in [0.3, 0.4) is 0 Å². The molecule has 0 spiro atoms. The van der Waals surface area contributed by atoms with E-state index in [4.69, 9.17) is 48.4 Å². The second kappa shape index (κ2) is 29.5. The van der Waals surface area contributed by atoms with Crippen LogP contribution in [0.2, 0.25) is 0 Å². The van der Waals surface area contributed by atoms with Gasteiger partial charge >= 0.3 is 29.0 Å². The summed E-state index contributed by atoms with van der Waals surface area (Å²) in [5, 5.41) is 3.24. The Labute approximate surface area is 586 Å². The summed E-state index contributed by atoms with van der Waals surface area (Å²) in [4.78, 5) is 51.0. The van der Waals surface area contributed by atoms with Crippen LogP contribution in [-0.4, -0.2) is 46.3 Å². The first-order valence-electron chi connectivity index (χ1n) is 33.2. The molecular formula is C80H86Br2CuN4O8. The van der Waals surface area contributed by atoms with Crippen LogP contribution in [0, 0.1) is 47.3 Å². The molecule has 0 saturated carbocycles. The zero-order chi connectivity index (χ0) is 67.1. The fourth-order valence-electron chi connectivity index (χ4n) is 13.8. The van der Waals surface area contributed by atoms with E-state index < -0.39 is 11.9 Å². The average molecular weight is 1450 g/mol. The van der Waals surface area contributed by atoms with Crippen LogP contribution >= 0.6 is 31.9 Å². The second-order valence-electron chi connectivity index (χ2n) is 27.8. The van der Waals surface area contributed by atoms with Crippen molar-refractivity contribution in [2.45, 2.75) is 148 Å². The van der Waals surface area contributed by atoms with E-state index >= 15 is 0 Å².